The highest BCUT2D eigenvalue weighted by atomic mass is 19.1. The Balaban J connectivity index is 0.000000210. The van der Waals surface area contributed by atoms with Crippen molar-refractivity contribution < 1.29 is 54.7 Å². The lowest BCUT2D eigenvalue weighted by Crippen LogP contribution is -2.39. The van der Waals surface area contributed by atoms with Crippen molar-refractivity contribution in [3.8, 4) is 11.5 Å². The van der Waals surface area contributed by atoms with Crippen molar-refractivity contribution >= 4 is 165 Å². The molecule has 804 valence electrons. The zero-order valence-electron chi connectivity index (χ0n) is 87.5. The number of hydrogen-bond donors (Lipinski definition) is 23. The molecule has 0 saturated heterocycles. The lowest BCUT2D eigenvalue weighted by Gasteiger charge is -2.29. The van der Waals surface area contributed by atoms with Crippen LogP contribution in [0.5, 0.6) is 11.5 Å². The van der Waals surface area contributed by atoms with E-state index in [1.54, 1.807) is 88.5 Å². The quantitative estimate of drug-likeness (QED) is 0.0158. The minimum atomic E-state index is -0.778. The SMILES string of the molecule is CC(C)(O)CC[C@H](CO)Nc1nc(N)nc2cccnc12.CCCCC[C@@](C)(CO)Nc1nc(N)nc2cc(F)cnc12.CCCCC[C@@](C)(CO)Nc1nc(N)nc2cccnc12.CCCC[C@@](C)(CO)Nc1nc(N)nc2cc(N)cnc12.CCCC[C@H](CO)Nc1nc(N)nc2cc(C)cnc12.CCCC[C@H](CO)Nc1nc(N)nc2cc(OC)cnc12.CCCC[C@H](CO)Nc1nc(N)nc2cc(OCC)cnc12. The Hall–Kier alpha value is -14.4. The van der Waals surface area contributed by atoms with Crippen molar-refractivity contribution in [3.63, 3.8) is 0 Å². The van der Waals surface area contributed by atoms with E-state index in [0.29, 0.717) is 155 Å². The number of methoxy groups -OCH3 is 1. The molecule has 31 N–H and O–H groups in total. The van der Waals surface area contributed by atoms with Gasteiger partial charge in [-0.3, -0.25) is 15.0 Å². The number of nitrogens with one attached hydrogen (secondary N) is 7. The number of ether oxygens (including phenoxy) is 2. The summed E-state index contributed by atoms with van der Waals surface area (Å²) in [6.07, 6.45) is 32.1. The largest absolute Gasteiger partial charge is 0.495 e. The van der Waals surface area contributed by atoms with Crippen LogP contribution in [0.25, 0.3) is 77.2 Å². The van der Waals surface area contributed by atoms with Crippen LogP contribution >= 0.6 is 0 Å². The standard InChI is InChI=1S/C15H22FN5O.C15H23N5O2.C15H23N5O.C14H22N6O.2C14H21N5O2.C14H21N5O/c1-3-4-5-6-15(2,9-22)21-13-12-11(19-14(17)20-13)7-10(16)8-18-12;1-3-5-6-10(9-21)18-14-13-12(19-15(16)20-14)7-11(8-17-13)22-4-2;1-3-4-5-8-15(2,10-21)20-13-12-11(7-6-9-17-12)18-14(16)19-13;1-3-4-5-14(2,8-21)20-12-11-10(18-13(16)19-12)6-9(15)7-17-11;1-14(2,21)6-5-9(8-20)17-12-11-10(4-3-7-16-11)18-13(15)19-12;1-3-4-5-9(8-20)17-13-12-11(18-14(15)19-13)6-10(21-2)7-16-12;1-3-4-5-10(8-20)17-13-12-11(18-14(15)19-13)6-9(2)7-16-12/h7-8,22H,3-6,9H2,1-2H3,(H3,17,19,20,21);7-8,10,21H,3-6,9H2,1-2H3,(H3,16,18,19,20);6-7,9,21H,3-5,8,10H2,1-2H3,(H3,16,18,19,20);6-7,21H,3-5,8,15H2,1-2H3,(H3,16,18,19,20);3-4,7,9,20-21H,5-6,8H2,1-2H3,(H3,15,17,18,19);6-7,9,20H,3-5,8H2,1-2H3,(H3,15,17,18,19);6-7,10,20H,3-5,8H2,1-2H3,(H3,15,17,18,19)/t15-;10-;15-;14-;2*9-;10-/m0100111/s1. The number of anilines is 15. The Morgan fingerprint density at radius 2 is 0.635 bits per heavy atom. The van der Waals surface area contributed by atoms with Crippen LogP contribution in [0.3, 0.4) is 0 Å². The molecule has 0 fully saturated rings. The summed E-state index contributed by atoms with van der Waals surface area (Å²) in [5, 5.41) is 99.3. The van der Waals surface area contributed by atoms with Crippen LogP contribution in [0.15, 0.2) is 98.0 Å². The van der Waals surface area contributed by atoms with E-state index in [4.69, 9.17) is 55.3 Å². The molecule has 0 bridgehead atoms. The van der Waals surface area contributed by atoms with Crippen molar-refractivity contribution in [3.05, 3.63) is 109 Å². The molecule has 0 aliphatic rings. The van der Waals surface area contributed by atoms with Gasteiger partial charge >= 0.3 is 0 Å². The van der Waals surface area contributed by atoms with Crippen molar-refractivity contribution in [1.82, 2.24) is 105 Å². The van der Waals surface area contributed by atoms with Gasteiger partial charge in [0.25, 0.3) is 0 Å². The summed E-state index contributed by atoms with van der Waals surface area (Å²) >= 11 is 0. The normalized spacial score (nSPS) is 13.2. The van der Waals surface area contributed by atoms with Gasteiger partial charge in [0.15, 0.2) is 40.7 Å². The van der Waals surface area contributed by atoms with Gasteiger partial charge in [0.1, 0.15) is 67.0 Å². The first-order valence-electron chi connectivity index (χ1n) is 50.3. The van der Waals surface area contributed by atoms with Crippen molar-refractivity contribution in [1.29, 1.82) is 0 Å². The molecule has 14 aromatic rings. The molecule has 14 heterocycles. The van der Waals surface area contributed by atoms with Gasteiger partial charge in [-0.15, -0.1) is 0 Å². The maximum atomic E-state index is 13.3. The van der Waals surface area contributed by atoms with E-state index in [2.05, 4.69) is 183 Å². The third-order valence-corrected chi connectivity index (χ3v) is 23.5. The Labute approximate surface area is 861 Å². The van der Waals surface area contributed by atoms with Gasteiger partial charge < -0.3 is 133 Å². The van der Waals surface area contributed by atoms with E-state index < -0.39 is 28.0 Å². The Kier molecular flexibility index (Phi) is 47.7. The fourth-order valence-electron chi connectivity index (χ4n) is 15.2. The van der Waals surface area contributed by atoms with E-state index in [1.165, 1.54) is 6.07 Å². The van der Waals surface area contributed by atoms with E-state index >= 15 is 0 Å². The lowest BCUT2D eigenvalue weighted by atomic mass is 9.95. The number of halogens is 1. The molecule has 0 aromatic carbocycles. The molecule has 0 amide bonds. The minimum Gasteiger partial charge on any atom is -0.495 e. The monoisotopic (exact) mass is 2050 g/mol. The van der Waals surface area contributed by atoms with E-state index in [-0.39, 0.29) is 112 Å². The number of nitrogens with two attached hydrogens (primary N) is 8. The molecule has 0 aliphatic heterocycles. The molecule has 0 saturated carbocycles. The van der Waals surface area contributed by atoms with Gasteiger partial charge in [-0.2, -0.15) is 34.9 Å². The average Bonchev–Trinajstić information content (AvgIpc) is 0.784. The summed E-state index contributed by atoms with van der Waals surface area (Å²) in [7, 11) is 1.57. The van der Waals surface area contributed by atoms with Gasteiger partial charge in [0, 0.05) is 36.8 Å². The summed E-state index contributed by atoms with van der Waals surface area (Å²) in [6, 6.07) is 15.2. The molecule has 0 radical (unpaired) electrons. The summed E-state index contributed by atoms with van der Waals surface area (Å²) in [5.41, 5.74) is 53.5. The second-order valence-corrected chi connectivity index (χ2v) is 37.4. The zero-order chi connectivity index (χ0) is 108. The van der Waals surface area contributed by atoms with Crippen LogP contribution in [-0.4, -0.2) is 252 Å². The molecule has 46 nitrogen and oxygen atoms in total. The molecular weight excluding hydrogens is 1900 g/mol. The maximum Gasteiger partial charge on any atom is 0.222 e. The second kappa shape index (κ2) is 59.4. The number of hydrogen-bond acceptors (Lipinski definition) is 46. The zero-order valence-corrected chi connectivity index (χ0v) is 87.5. The van der Waals surface area contributed by atoms with Gasteiger partial charge in [-0.1, -0.05) is 131 Å². The molecular formula is C101H153FN36O10. The molecule has 14 aromatic heterocycles. The molecule has 14 rings (SSSR count). The van der Waals surface area contributed by atoms with Crippen LogP contribution in [0.2, 0.25) is 0 Å². The summed E-state index contributed by atoms with van der Waals surface area (Å²) in [5.74, 6) is 5.50. The number of fused-ring (bicyclic) bond motifs is 7. The average molecular weight is 2050 g/mol. The summed E-state index contributed by atoms with van der Waals surface area (Å²) < 4.78 is 23.8. The van der Waals surface area contributed by atoms with Gasteiger partial charge in [-0.25, -0.2) is 59.2 Å². The fraction of sp³-hybridized carbons (Fsp3) is 0.515. The topological polar surface area (TPSA) is 743 Å². The van der Waals surface area contributed by atoms with Crippen LogP contribution < -0.4 is 92.6 Å². The Bertz CT molecular complexity index is 6440. The number of aliphatic hydroxyl groups is 8. The van der Waals surface area contributed by atoms with Gasteiger partial charge in [-0.05, 0) is 142 Å². The van der Waals surface area contributed by atoms with Crippen molar-refractivity contribution in [2.45, 2.75) is 278 Å². The van der Waals surface area contributed by atoms with Gasteiger partial charge in [0.2, 0.25) is 41.6 Å². The number of unbranched alkanes of at least 4 members (excludes halogenated alkanes) is 8. The van der Waals surface area contributed by atoms with E-state index in [1.807, 2.05) is 52.8 Å². The number of aliphatic hydroxyl groups excluding tert-OH is 7. The first-order chi connectivity index (χ1) is 70.9. The number of aryl methyl sites for hydroxylation is 1. The second-order valence-electron chi connectivity index (χ2n) is 37.4. The van der Waals surface area contributed by atoms with E-state index in [0.717, 1.165) is 140 Å². The Morgan fingerprint density at radius 1 is 0.331 bits per heavy atom. The minimum absolute atomic E-state index is 0.00657. The smallest absolute Gasteiger partial charge is 0.222 e. The number of nitrogen functional groups attached to an aromatic ring is 8. The van der Waals surface area contributed by atoms with E-state index in [9.17, 15) is 45.2 Å². The number of aromatic nitrogens is 21. The third-order valence-electron chi connectivity index (χ3n) is 23.5. The fourth-order valence-corrected chi connectivity index (χ4v) is 15.2. The van der Waals surface area contributed by atoms with Crippen LogP contribution in [0, 0.1) is 12.7 Å². The number of pyridine rings is 7. The maximum absolute atomic E-state index is 13.3. The number of rotatable bonds is 47. The highest BCUT2D eigenvalue weighted by molar-refractivity contribution is 5.92. The first kappa shape index (κ1) is 119. The molecule has 47 heteroatoms. The predicted molar refractivity (Wildman–Crippen MR) is 586 cm³/mol. The molecule has 0 spiro atoms. The van der Waals surface area contributed by atoms with Crippen molar-refractivity contribution in [2.24, 2.45) is 0 Å². The molecule has 0 unspecified atom stereocenters. The van der Waals surface area contributed by atoms with Crippen LogP contribution in [0.1, 0.15) is 230 Å². The highest BCUT2D eigenvalue weighted by Gasteiger charge is 2.30. The highest BCUT2D eigenvalue weighted by Crippen LogP contribution is 2.34. The molecule has 148 heavy (non-hydrogen) atoms. The summed E-state index contributed by atoms with van der Waals surface area (Å²) in [4.78, 5) is 88.2. The van der Waals surface area contributed by atoms with Gasteiger partial charge in [0.05, 0.1) is 164 Å². The molecule has 7 atom stereocenters. The number of nitrogens with zero attached hydrogens (tertiary/aromatic N) is 21. The first-order valence-corrected chi connectivity index (χ1v) is 50.3. The summed E-state index contributed by atoms with van der Waals surface area (Å²) in [6.45, 7) is 26.5. The Morgan fingerprint density at radius 3 is 1.00 bits per heavy atom. The lowest BCUT2D eigenvalue weighted by molar-refractivity contribution is 0.0653. The molecule has 0 aliphatic carbocycles. The van der Waals surface area contributed by atoms with Crippen LogP contribution in [0.4, 0.5) is 92.4 Å². The third kappa shape index (κ3) is 37.5. The van der Waals surface area contributed by atoms with Crippen molar-refractivity contribution in [2.75, 3.05) is 143 Å². The predicted octanol–water partition coefficient (Wildman–Crippen LogP) is 12.7. The van der Waals surface area contributed by atoms with Crippen LogP contribution in [-0.2, 0) is 0 Å².